The van der Waals surface area contributed by atoms with Crippen molar-refractivity contribution in [1.29, 1.82) is 0 Å². The molecule has 0 aliphatic heterocycles. The third-order valence-electron chi connectivity index (χ3n) is 2.34. The minimum absolute atomic E-state index is 0.0753. The van der Waals surface area contributed by atoms with E-state index in [0.29, 0.717) is 0 Å². The quantitative estimate of drug-likeness (QED) is 0.703. The Morgan fingerprint density at radius 3 is 2.53 bits per heavy atom. The molecule has 3 nitrogen and oxygen atoms in total. The largest absolute Gasteiger partial charge is 0.315 e. The lowest BCUT2D eigenvalue weighted by Crippen LogP contribution is -2.40. The SMILES string of the molecule is C/C=C(\C=C/CC)N(C)C(=O)C(C)NC. The second-order valence-corrected chi connectivity index (χ2v) is 3.43. The minimum atomic E-state index is -0.153. The van der Waals surface area contributed by atoms with Gasteiger partial charge in [-0.15, -0.1) is 0 Å². The summed E-state index contributed by atoms with van der Waals surface area (Å²) in [6, 6.07) is -0.153. The van der Waals surface area contributed by atoms with E-state index in [1.807, 2.05) is 32.1 Å². The van der Waals surface area contributed by atoms with Crippen LogP contribution < -0.4 is 5.32 Å². The van der Waals surface area contributed by atoms with Crippen molar-refractivity contribution in [1.82, 2.24) is 10.2 Å². The maximum atomic E-state index is 11.8. The average molecular weight is 210 g/mol. The van der Waals surface area contributed by atoms with Gasteiger partial charge in [-0.1, -0.05) is 19.1 Å². The van der Waals surface area contributed by atoms with Gasteiger partial charge in [-0.05, 0) is 33.4 Å². The van der Waals surface area contributed by atoms with E-state index in [0.717, 1.165) is 12.1 Å². The molecule has 1 amide bonds. The van der Waals surface area contributed by atoms with Crippen LogP contribution in [0.2, 0.25) is 0 Å². The van der Waals surface area contributed by atoms with E-state index in [9.17, 15) is 4.79 Å². The third kappa shape index (κ3) is 4.30. The van der Waals surface area contributed by atoms with Gasteiger partial charge in [0.05, 0.1) is 6.04 Å². The molecule has 0 fully saturated rings. The zero-order valence-corrected chi connectivity index (χ0v) is 10.4. The Labute approximate surface area is 92.8 Å². The van der Waals surface area contributed by atoms with E-state index >= 15 is 0 Å². The van der Waals surface area contributed by atoms with Gasteiger partial charge in [0.1, 0.15) is 0 Å². The van der Waals surface area contributed by atoms with Gasteiger partial charge in [0.25, 0.3) is 0 Å². The van der Waals surface area contributed by atoms with Gasteiger partial charge in [0, 0.05) is 12.7 Å². The number of likely N-dealkylation sites (N-methyl/N-ethyl adjacent to an activating group) is 2. The zero-order chi connectivity index (χ0) is 11.8. The van der Waals surface area contributed by atoms with Crippen LogP contribution in [0, 0.1) is 0 Å². The first-order chi connectivity index (χ1) is 7.08. The number of amides is 1. The van der Waals surface area contributed by atoms with Gasteiger partial charge < -0.3 is 10.2 Å². The fraction of sp³-hybridized carbons (Fsp3) is 0.583. The van der Waals surface area contributed by atoms with Gasteiger partial charge in [-0.25, -0.2) is 0 Å². The number of rotatable bonds is 5. The van der Waals surface area contributed by atoms with Crippen LogP contribution in [-0.4, -0.2) is 30.9 Å². The standard InChI is InChI=1S/C12H22N2O/c1-6-8-9-11(7-2)14(5)12(15)10(3)13-4/h7-10,13H,6H2,1-5H3/b9-8-,11-7+. The summed E-state index contributed by atoms with van der Waals surface area (Å²) in [5.74, 6) is 0.0753. The molecule has 0 aromatic carbocycles. The Hall–Kier alpha value is -1.09. The molecule has 1 N–H and O–H groups in total. The van der Waals surface area contributed by atoms with E-state index in [-0.39, 0.29) is 11.9 Å². The number of hydrogen-bond donors (Lipinski definition) is 1. The Bertz CT molecular complexity index is 256. The zero-order valence-electron chi connectivity index (χ0n) is 10.4. The van der Waals surface area contributed by atoms with Crippen molar-refractivity contribution in [3.63, 3.8) is 0 Å². The van der Waals surface area contributed by atoms with Crippen LogP contribution in [0.25, 0.3) is 0 Å². The molecule has 1 atom stereocenters. The molecule has 86 valence electrons. The number of carbonyl (C=O) groups is 1. The lowest BCUT2D eigenvalue weighted by atomic mass is 10.2. The van der Waals surface area contributed by atoms with Crippen LogP contribution in [0.15, 0.2) is 23.9 Å². The summed E-state index contributed by atoms with van der Waals surface area (Å²) in [5.41, 5.74) is 0.934. The van der Waals surface area contributed by atoms with Gasteiger partial charge in [0.2, 0.25) is 5.91 Å². The fourth-order valence-corrected chi connectivity index (χ4v) is 1.18. The number of nitrogens with one attached hydrogen (secondary N) is 1. The smallest absolute Gasteiger partial charge is 0.243 e. The topological polar surface area (TPSA) is 32.3 Å². The molecule has 0 rings (SSSR count). The third-order valence-corrected chi connectivity index (χ3v) is 2.34. The van der Waals surface area contributed by atoms with Crippen LogP contribution in [0.1, 0.15) is 27.2 Å². The van der Waals surface area contributed by atoms with Crippen molar-refractivity contribution >= 4 is 5.91 Å². The lowest BCUT2D eigenvalue weighted by Gasteiger charge is -2.22. The fourth-order valence-electron chi connectivity index (χ4n) is 1.18. The molecule has 3 heteroatoms. The highest BCUT2D eigenvalue weighted by Crippen LogP contribution is 2.06. The number of allylic oxidation sites excluding steroid dienone is 3. The van der Waals surface area contributed by atoms with E-state index in [1.165, 1.54) is 0 Å². The van der Waals surface area contributed by atoms with Crippen LogP contribution >= 0.6 is 0 Å². The Morgan fingerprint density at radius 2 is 2.13 bits per heavy atom. The van der Waals surface area contributed by atoms with Gasteiger partial charge >= 0.3 is 0 Å². The van der Waals surface area contributed by atoms with Crippen LogP contribution in [-0.2, 0) is 4.79 Å². The first-order valence-corrected chi connectivity index (χ1v) is 5.36. The van der Waals surface area contributed by atoms with E-state index in [4.69, 9.17) is 0 Å². The van der Waals surface area contributed by atoms with Gasteiger partial charge in [-0.2, -0.15) is 0 Å². The highest BCUT2D eigenvalue weighted by Gasteiger charge is 2.16. The van der Waals surface area contributed by atoms with Gasteiger partial charge in [-0.3, -0.25) is 4.79 Å². The highest BCUT2D eigenvalue weighted by atomic mass is 16.2. The number of nitrogens with zero attached hydrogens (tertiary/aromatic N) is 1. The molecule has 0 heterocycles. The molecule has 0 aliphatic carbocycles. The van der Waals surface area contributed by atoms with Crippen LogP contribution in [0.3, 0.4) is 0 Å². The summed E-state index contributed by atoms with van der Waals surface area (Å²) >= 11 is 0. The van der Waals surface area contributed by atoms with E-state index in [1.54, 1.807) is 19.0 Å². The lowest BCUT2D eigenvalue weighted by molar-refractivity contribution is -0.129. The van der Waals surface area contributed by atoms with Gasteiger partial charge in [0.15, 0.2) is 0 Å². The second-order valence-electron chi connectivity index (χ2n) is 3.43. The predicted molar refractivity (Wildman–Crippen MR) is 64.5 cm³/mol. The Morgan fingerprint density at radius 1 is 1.53 bits per heavy atom. The predicted octanol–water partition coefficient (Wildman–Crippen LogP) is 1.92. The molecule has 0 aromatic rings. The Kier molecular flexibility index (Phi) is 6.71. The van der Waals surface area contributed by atoms with Crippen molar-refractivity contribution in [3.05, 3.63) is 23.9 Å². The van der Waals surface area contributed by atoms with Crippen LogP contribution in [0.5, 0.6) is 0 Å². The number of hydrogen-bond acceptors (Lipinski definition) is 2. The summed E-state index contributed by atoms with van der Waals surface area (Å²) in [7, 11) is 3.58. The average Bonchev–Trinajstić information content (AvgIpc) is 2.27. The van der Waals surface area contributed by atoms with E-state index < -0.39 is 0 Å². The molecule has 1 unspecified atom stereocenters. The molecule has 0 radical (unpaired) electrons. The first kappa shape index (κ1) is 13.9. The van der Waals surface area contributed by atoms with Crippen molar-refractivity contribution in [3.8, 4) is 0 Å². The van der Waals surface area contributed by atoms with E-state index in [2.05, 4.69) is 12.2 Å². The van der Waals surface area contributed by atoms with Crippen molar-refractivity contribution < 1.29 is 4.79 Å². The number of carbonyl (C=O) groups excluding carboxylic acids is 1. The van der Waals surface area contributed by atoms with Crippen molar-refractivity contribution in [2.75, 3.05) is 14.1 Å². The molecule has 0 spiro atoms. The summed E-state index contributed by atoms with van der Waals surface area (Å²) in [6.45, 7) is 5.86. The molecule has 0 aliphatic rings. The molecule has 15 heavy (non-hydrogen) atoms. The maximum Gasteiger partial charge on any atom is 0.243 e. The molecule has 0 saturated carbocycles. The first-order valence-electron chi connectivity index (χ1n) is 5.36. The molecular formula is C12H22N2O. The monoisotopic (exact) mass is 210 g/mol. The molecule has 0 aromatic heterocycles. The highest BCUT2D eigenvalue weighted by molar-refractivity contribution is 5.83. The summed E-state index contributed by atoms with van der Waals surface area (Å²) in [4.78, 5) is 13.5. The minimum Gasteiger partial charge on any atom is -0.315 e. The Balaban J connectivity index is 4.59. The summed E-state index contributed by atoms with van der Waals surface area (Å²) in [5, 5.41) is 2.94. The normalized spacial score (nSPS) is 14.3. The second kappa shape index (κ2) is 7.23. The maximum absolute atomic E-state index is 11.8. The summed E-state index contributed by atoms with van der Waals surface area (Å²) in [6.07, 6.45) is 6.93. The molecule has 0 saturated heterocycles. The van der Waals surface area contributed by atoms with Crippen LogP contribution in [0.4, 0.5) is 0 Å². The molecular weight excluding hydrogens is 188 g/mol. The van der Waals surface area contributed by atoms with Crippen molar-refractivity contribution in [2.45, 2.75) is 33.2 Å². The van der Waals surface area contributed by atoms with Crippen molar-refractivity contribution in [2.24, 2.45) is 0 Å². The summed E-state index contributed by atoms with van der Waals surface area (Å²) < 4.78 is 0. The molecule has 0 bridgehead atoms.